The Bertz CT molecular complexity index is 330. The molecule has 4 heteroatoms. The Morgan fingerprint density at radius 2 is 2.40 bits per heavy atom. The molecule has 0 aliphatic heterocycles. The van der Waals surface area contributed by atoms with Gasteiger partial charge in [-0.2, -0.15) is 0 Å². The molecule has 0 spiro atoms. The fourth-order valence-electron chi connectivity index (χ4n) is 1.91. The first-order valence-electron chi connectivity index (χ1n) is 5.26. The molecule has 1 amide bonds. The Kier molecular flexibility index (Phi) is 3.07. The first-order chi connectivity index (χ1) is 7.16. The van der Waals surface area contributed by atoms with Crippen LogP contribution < -0.4 is 11.1 Å². The van der Waals surface area contributed by atoms with Gasteiger partial charge >= 0.3 is 0 Å². The Morgan fingerprint density at radius 1 is 1.67 bits per heavy atom. The van der Waals surface area contributed by atoms with Crippen molar-refractivity contribution in [2.45, 2.75) is 31.8 Å². The van der Waals surface area contributed by atoms with Crippen LogP contribution in [0.15, 0.2) is 17.5 Å². The number of nitrogens with one attached hydrogen (secondary N) is 1. The number of amides is 1. The van der Waals surface area contributed by atoms with Crippen LogP contribution in [0.5, 0.6) is 0 Å². The van der Waals surface area contributed by atoms with Gasteiger partial charge in [-0.25, -0.2) is 0 Å². The molecule has 3 N–H and O–H groups in total. The van der Waals surface area contributed by atoms with Crippen molar-refractivity contribution in [1.29, 1.82) is 0 Å². The van der Waals surface area contributed by atoms with E-state index in [1.54, 1.807) is 0 Å². The van der Waals surface area contributed by atoms with E-state index in [0.29, 0.717) is 6.04 Å². The van der Waals surface area contributed by atoms with Gasteiger partial charge in [-0.1, -0.05) is 13.0 Å². The highest BCUT2D eigenvalue weighted by atomic mass is 32.1. The Balaban J connectivity index is 1.86. The monoisotopic (exact) mass is 224 g/mol. The second kappa shape index (κ2) is 4.33. The molecular formula is C11H16N2OS. The summed E-state index contributed by atoms with van der Waals surface area (Å²) < 4.78 is 0. The Hall–Kier alpha value is -0.870. The van der Waals surface area contributed by atoms with Crippen LogP contribution in [0.3, 0.4) is 0 Å². The average molecular weight is 224 g/mol. The van der Waals surface area contributed by atoms with E-state index in [9.17, 15) is 4.79 Å². The van der Waals surface area contributed by atoms with E-state index < -0.39 is 6.04 Å². The highest BCUT2D eigenvalue weighted by molar-refractivity contribution is 7.10. The van der Waals surface area contributed by atoms with Crippen molar-refractivity contribution >= 4 is 17.2 Å². The summed E-state index contributed by atoms with van der Waals surface area (Å²) in [6, 6.07) is 3.66. The minimum absolute atomic E-state index is 0.0469. The molecule has 0 saturated heterocycles. The fourth-order valence-corrected chi connectivity index (χ4v) is 2.63. The van der Waals surface area contributed by atoms with Crippen LogP contribution in [0, 0.1) is 5.92 Å². The number of carbonyl (C=O) groups is 1. The van der Waals surface area contributed by atoms with E-state index >= 15 is 0 Å². The standard InChI is InChI=1S/C11H16N2OS/c1-7-5-8(6-7)13-11(14)10(12)9-3-2-4-15-9/h2-4,7-8,10H,5-6,12H2,1H3,(H,13,14). The van der Waals surface area contributed by atoms with Crippen LogP contribution in [0.2, 0.25) is 0 Å². The molecule has 82 valence electrons. The lowest BCUT2D eigenvalue weighted by Crippen LogP contribution is -2.46. The zero-order chi connectivity index (χ0) is 10.8. The summed E-state index contributed by atoms with van der Waals surface area (Å²) in [6.07, 6.45) is 2.17. The van der Waals surface area contributed by atoms with E-state index in [1.807, 2.05) is 17.5 Å². The molecule has 1 atom stereocenters. The van der Waals surface area contributed by atoms with Crippen molar-refractivity contribution in [3.63, 3.8) is 0 Å². The third-order valence-electron chi connectivity index (χ3n) is 2.85. The van der Waals surface area contributed by atoms with Crippen LogP contribution >= 0.6 is 11.3 Å². The topological polar surface area (TPSA) is 55.1 Å². The van der Waals surface area contributed by atoms with Crippen molar-refractivity contribution in [2.75, 3.05) is 0 Å². The summed E-state index contributed by atoms with van der Waals surface area (Å²) in [7, 11) is 0. The minimum Gasteiger partial charge on any atom is -0.352 e. The SMILES string of the molecule is CC1CC(NC(=O)C(N)c2cccs2)C1. The van der Waals surface area contributed by atoms with Crippen molar-refractivity contribution in [3.8, 4) is 0 Å². The van der Waals surface area contributed by atoms with E-state index in [4.69, 9.17) is 5.73 Å². The second-order valence-corrected chi connectivity index (χ2v) is 5.25. The zero-order valence-electron chi connectivity index (χ0n) is 8.77. The molecule has 1 aliphatic rings. The van der Waals surface area contributed by atoms with Gasteiger partial charge < -0.3 is 11.1 Å². The van der Waals surface area contributed by atoms with Crippen LogP contribution in [0.4, 0.5) is 0 Å². The van der Waals surface area contributed by atoms with Gasteiger partial charge in [0.05, 0.1) is 0 Å². The molecule has 0 aromatic carbocycles. The van der Waals surface area contributed by atoms with Gasteiger partial charge in [0.2, 0.25) is 5.91 Å². The molecule has 3 nitrogen and oxygen atoms in total. The van der Waals surface area contributed by atoms with Crippen molar-refractivity contribution < 1.29 is 4.79 Å². The Labute approximate surface area is 93.7 Å². The molecule has 2 rings (SSSR count). The van der Waals surface area contributed by atoms with Crippen molar-refractivity contribution in [2.24, 2.45) is 11.7 Å². The molecule has 0 bridgehead atoms. The number of nitrogens with two attached hydrogens (primary N) is 1. The molecule has 1 aliphatic carbocycles. The van der Waals surface area contributed by atoms with Crippen LogP contribution in [-0.4, -0.2) is 11.9 Å². The summed E-state index contributed by atoms with van der Waals surface area (Å²) in [5, 5.41) is 4.92. The molecule has 1 heterocycles. The predicted molar refractivity (Wildman–Crippen MR) is 61.6 cm³/mol. The van der Waals surface area contributed by atoms with Gasteiger partial charge in [0.15, 0.2) is 0 Å². The van der Waals surface area contributed by atoms with Crippen molar-refractivity contribution in [1.82, 2.24) is 5.32 Å². The summed E-state index contributed by atoms with van der Waals surface area (Å²) in [5.41, 5.74) is 5.84. The lowest BCUT2D eigenvalue weighted by molar-refractivity contribution is -0.123. The van der Waals surface area contributed by atoms with E-state index in [2.05, 4.69) is 12.2 Å². The molecule has 1 saturated carbocycles. The molecule has 0 radical (unpaired) electrons. The first-order valence-corrected chi connectivity index (χ1v) is 6.14. The molecule has 1 fully saturated rings. The summed E-state index contributed by atoms with van der Waals surface area (Å²) >= 11 is 1.53. The summed E-state index contributed by atoms with van der Waals surface area (Å²) in [4.78, 5) is 12.7. The van der Waals surface area contributed by atoms with Crippen LogP contribution in [0.1, 0.15) is 30.7 Å². The first kappa shape index (κ1) is 10.6. The summed E-state index contributed by atoms with van der Waals surface area (Å²) in [6.45, 7) is 2.20. The number of hydrogen-bond acceptors (Lipinski definition) is 3. The lowest BCUT2D eigenvalue weighted by atomic mass is 9.82. The van der Waals surface area contributed by atoms with E-state index in [1.165, 1.54) is 11.3 Å². The number of thiophene rings is 1. The van der Waals surface area contributed by atoms with Gasteiger partial charge in [0, 0.05) is 10.9 Å². The fraction of sp³-hybridized carbons (Fsp3) is 0.545. The molecular weight excluding hydrogens is 208 g/mol. The third kappa shape index (κ3) is 2.38. The number of hydrogen-bond donors (Lipinski definition) is 2. The summed E-state index contributed by atoms with van der Waals surface area (Å²) in [5.74, 6) is 0.697. The normalized spacial score (nSPS) is 26.8. The van der Waals surface area contributed by atoms with E-state index in [0.717, 1.165) is 23.6 Å². The van der Waals surface area contributed by atoms with E-state index in [-0.39, 0.29) is 5.91 Å². The van der Waals surface area contributed by atoms with Gasteiger partial charge in [-0.3, -0.25) is 4.79 Å². The smallest absolute Gasteiger partial charge is 0.242 e. The third-order valence-corrected chi connectivity index (χ3v) is 3.81. The predicted octanol–water partition coefficient (Wildman–Crippen LogP) is 1.66. The lowest BCUT2D eigenvalue weighted by Gasteiger charge is -2.33. The highest BCUT2D eigenvalue weighted by Crippen LogP contribution is 2.27. The number of carbonyl (C=O) groups excluding carboxylic acids is 1. The molecule has 1 aromatic heterocycles. The van der Waals surface area contributed by atoms with Crippen molar-refractivity contribution in [3.05, 3.63) is 22.4 Å². The van der Waals surface area contributed by atoms with Gasteiger partial charge in [0.1, 0.15) is 6.04 Å². The molecule has 1 unspecified atom stereocenters. The van der Waals surface area contributed by atoms with Crippen LogP contribution in [-0.2, 0) is 4.79 Å². The largest absolute Gasteiger partial charge is 0.352 e. The minimum atomic E-state index is -0.499. The van der Waals surface area contributed by atoms with Crippen LogP contribution in [0.25, 0.3) is 0 Å². The molecule has 1 aromatic rings. The quantitative estimate of drug-likeness (QED) is 0.820. The number of rotatable bonds is 3. The molecule has 15 heavy (non-hydrogen) atoms. The maximum Gasteiger partial charge on any atom is 0.242 e. The van der Waals surface area contributed by atoms with Gasteiger partial charge in [-0.05, 0) is 30.2 Å². The van der Waals surface area contributed by atoms with Gasteiger partial charge in [0.25, 0.3) is 0 Å². The highest BCUT2D eigenvalue weighted by Gasteiger charge is 2.28. The van der Waals surface area contributed by atoms with Gasteiger partial charge in [-0.15, -0.1) is 11.3 Å². The average Bonchev–Trinajstić information content (AvgIpc) is 2.66. The second-order valence-electron chi connectivity index (χ2n) is 4.28. The maximum atomic E-state index is 11.7. The zero-order valence-corrected chi connectivity index (χ0v) is 9.59. The maximum absolute atomic E-state index is 11.7. The Morgan fingerprint density at radius 3 is 2.93 bits per heavy atom.